The summed E-state index contributed by atoms with van der Waals surface area (Å²) in [5.74, 6) is 1.66. The first-order chi connectivity index (χ1) is 7.70. The van der Waals surface area contributed by atoms with Crippen LogP contribution in [0.15, 0.2) is 24.3 Å². The van der Waals surface area contributed by atoms with Gasteiger partial charge in [-0.05, 0) is 36.0 Å². The maximum absolute atomic E-state index is 5.60. The van der Waals surface area contributed by atoms with Crippen LogP contribution in [-0.2, 0) is 6.54 Å². The zero-order valence-corrected chi connectivity index (χ0v) is 10.3. The normalized spacial score (nSPS) is 25.8. The summed E-state index contributed by atoms with van der Waals surface area (Å²) in [6.45, 7) is 7.72. The highest BCUT2D eigenvalue weighted by Crippen LogP contribution is 2.26. The van der Waals surface area contributed by atoms with Crippen LogP contribution in [0.3, 0.4) is 0 Å². The number of nitrogens with zero attached hydrogens (tertiary/aromatic N) is 1. The molecule has 1 heterocycles. The molecule has 0 radical (unpaired) electrons. The number of benzene rings is 1. The summed E-state index contributed by atoms with van der Waals surface area (Å²) in [6, 6.07) is 8.67. The molecular formula is C14H22N2. The van der Waals surface area contributed by atoms with Crippen LogP contribution in [0.1, 0.15) is 25.8 Å². The van der Waals surface area contributed by atoms with E-state index in [1.165, 1.54) is 30.8 Å². The third-order valence-electron chi connectivity index (χ3n) is 3.87. The second kappa shape index (κ2) is 4.88. The predicted molar refractivity (Wildman–Crippen MR) is 69.5 cm³/mol. The Bertz CT molecular complexity index is 331. The fourth-order valence-corrected chi connectivity index (χ4v) is 2.34. The van der Waals surface area contributed by atoms with Crippen LogP contribution < -0.4 is 10.6 Å². The molecule has 0 aromatic heterocycles. The van der Waals surface area contributed by atoms with Crippen LogP contribution in [0.25, 0.3) is 0 Å². The smallest absolute Gasteiger partial charge is 0.0366 e. The zero-order chi connectivity index (χ0) is 11.5. The molecule has 2 rings (SSSR count). The zero-order valence-electron chi connectivity index (χ0n) is 10.3. The van der Waals surface area contributed by atoms with Crippen molar-refractivity contribution in [1.29, 1.82) is 0 Å². The van der Waals surface area contributed by atoms with E-state index in [1.807, 2.05) is 0 Å². The Hall–Kier alpha value is -1.02. The fourth-order valence-electron chi connectivity index (χ4n) is 2.34. The van der Waals surface area contributed by atoms with Crippen LogP contribution in [0.2, 0.25) is 0 Å². The van der Waals surface area contributed by atoms with Crippen molar-refractivity contribution in [3.05, 3.63) is 29.8 Å². The van der Waals surface area contributed by atoms with E-state index >= 15 is 0 Å². The summed E-state index contributed by atoms with van der Waals surface area (Å²) >= 11 is 0. The number of anilines is 1. The molecule has 16 heavy (non-hydrogen) atoms. The molecule has 2 nitrogen and oxygen atoms in total. The molecular weight excluding hydrogens is 196 g/mol. The van der Waals surface area contributed by atoms with Gasteiger partial charge in [0.2, 0.25) is 0 Å². The lowest BCUT2D eigenvalue weighted by Gasteiger charge is -2.36. The largest absolute Gasteiger partial charge is 0.371 e. The van der Waals surface area contributed by atoms with Gasteiger partial charge in [-0.25, -0.2) is 0 Å². The standard InChI is InChI=1S/C14H22N2/c1-11-7-8-16(10-12(11)2)14-5-3-13(9-15)4-6-14/h3-6,11-12H,7-10,15H2,1-2H3. The van der Waals surface area contributed by atoms with Crippen LogP contribution in [0, 0.1) is 11.8 Å². The molecule has 0 aliphatic carbocycles. The SMILES string of the molecule is CC1CCN(c2ccc(CN)cc2)CC1C. The lowest BCUT2D eigenvalue weighted by molar-refractivity contribution is 0.324. The van der Waals surface area contributed by atoms with Crippen LogP contribution in [0.4, 0.5) is 5.69 Å². The van der Waals surface area contributed by atoms with Crippen molar-refractivity contribution >= 4 is 5.69 Å². The number of piperidine rings is 1. The van der Waals surface area contributed by atoms with Gasteiger partial charge in [0.05, 0.1) is 0 Å². The topological polar surface area (TPSA) is 29.3 Å². The molecule has 0 spiro atoms. The summed E-state index contributed by atoms with van der Waals surface area (Å²) in [5.41, 5.74) is 8.16. The van der Waals surface area contributed by atoms with E-state index in [4.69, 9.17) is 5.73 Å². The second-order valence-electron chi connectivity index (χ2n) is 5.06. The molecule has 2 N–H and O–H groups in total. The van der Waals surface area contributed by atoms with Gasteiger partial charge in [0.1, 0.15) is 0 Å². The summed E-state index contributed by atoms with van der Waals surface area (Å²) in [5, 5.41) is 0. The monoisotopic (exact) mass is 218 g/mol. The van der Waals surface area contributed by atoms with Crippen molar-refractivity contribution in [1.82, 2.24) is 0 Å². The minimum atomic E-state index is 0.633. The molecule has 1 saturated heterocycles. The second-order valence-corrected chi connectivity index (χ2v) is 5.06. The number of nitrogens with two attached hydrogens (primary N) is 1. The van der Waals surface area contributed by atoms with Gasteiger partial charge in [0.25, 0.3) is 0 Å². The first kappa shape index (κ1) is 11.5. The minimum Gasteiger partial charge on any atom is -0.371 e. The molecule has 1 aliphatic rings. The van der Waals surface area contributed by atoms with E-state index in [0.717, 1.165) is 11.8 Å². The summed E-state index contributed by atoms with van der Waals surface area (Å²) in [6.07, 6.45) is 1.31. The number of hydrogen-bond acceptors (Lipinski definition) is 2. The Balaban J connectivity index is 2.06. The molecule has 0 amide bonds. The molecule has 2 heteroatoms. The first-order valence-corrected chi connectivity index (χ1v) is 6.24. The molecule has 2 atom stereocenters. The van der Waals surface area contributed by atoms with Crippen molar-refractivity contribution in [2.75, 3.05) is 18.0 Å². The maximum atomic E-state index is 5.60. The maximum Gasteiger partial charge on any atom is 0.0366 e. The average Bonchev–Trinajstić information content (AvgIpc) is 2.33. The first-order valence-electron chi connectivity index (χ1n) is 6.24. The molecule has 2 unspecified atom stereocenters. The quantitative estimate of drug-likeness (QED) is 0.827. The van der Waals surface area contributed by atoms with Crippen LogP contribution >= 0.6 is 0 Å². The van der Waals surface area contributed by atoms with Gasteiger partial charge in [-0.2, -0.15) is 0 Å². The Labute approximate surface area is 98.4 Å². The minimum absolute atomic E-state index is 0.633. The van der Waals surface area contributed by atoms with Crippen LogP contribution in [0.5, 0.6) is 0 Å². The molecule has 1 aliphatic heterocycles. The molecule has 1 aromatic carbocycles. The van der Waals surface area contributed by atoms with Gasteiger partial charge in [-0.15, -0.1) is 0 Å². The van der Waals surface area contributed by atoms with Crippen LogP contribution in [-0.4, -0.2) is 13.1 Å². The number of hydrogen-bond donors (Lipinski definition) is 1. The summed E-state index contributed by atoms with van der Waals surface area (Å²) in [4.78, 5) is 2.49. The Morgan fingerprint density at radius 3 is 2.44 bits per heavy atom. The van der Waals surface area contributed by atoms with Crippen molar-refractivity contribution in [3.63, 3.8) is 0 Å². The van der Waals surface area contributed by atoms with Gasteiger partial charge in [-0.1, -0.05) is 26.0 Å². The highest BCUT2D eigenvalue weighted by molar-refractivity contribution is 5.48. The van der Waals surface area contributed by atoms with Crippen molar-refractivity contribution in [2.45, 2.75) is 26.8 Å². The van der Waals surface area contributed by atoms with Gasteiger partial charge < -0.3 is 10.6 Å². The van der Waals surface area contributed by atoms with Crippen molar-refractivity contribution in [3.8, 4) is 0 Å². The third-order valence-corrected chi connectivity index (χ3v) is 3.87. The van der Waals surface area contributed by atoms with Crippen molar-refractivity contribution < 1.29 is 0 Å². The summed E-state index contributed by atoms with van der Waals surface area (Å²) < 4.78 is 0. The lowest BCUT2D eigenvalue weighted by atomic mass is 9.88. The van der Waals surface area contributed by atoms with E-state index in [0.29, 0.717) is 6.54 Å². The van der Waals surface area contributed by atoms with Gasteiger partial charge >= 0.3 is 0 Å². The lowest BCUT2D eigenvalue weighted by Crippen LogP contribution is -2.38. The van der Waals surface area contributed by atoms with E-state index in [2.05, 4.69) is 43.0 Å². The Morgan fingerprint density at radius 2 is 1.88 bits per heavy atom. The molecule has 0 saturated carbocycles. The molecule has 0 bridgehead atoms. The van der Waals surface area contributed by atoms with Gasteiger partial charge in [-0.3, -0.25) is 0 Å². The summed E-state index contributed by atoms with van der Waals surface area (Å²) in [7, 11) is 0. The molecule has 88 valence electrons. The van der Waals surface area contributed by atoms with Gasteiger partial charge in [0.15, 0.2) is 0 Å². The van der Waals surface area contributed by atoms with E-state index in [-0.39, 0.29) is 0 Å². The Morgan fingerprint density at radius 1 is 1.19 bits per heavy atom. The average molecular weight is 218 g/mol. The van der Waals surface area contributed by atoms with Gasteiger partial charge in [0, 0.05) is 25.3 Å². The molecule has 1 fully saturated rings. The van der Waals surface area contributed by atoms with E-state index in [9.17, 15) is 0 Å². The van der Waals surface area contributed by atoms with E-state index in [1.54, 1.807) is 0 Å². The third kappa shape index (κ3) is 2.38. The Kier molecular flexibility index (Phi) is 3.49. The highest BCUT2D eigenvalue weighted by atomic mass is 15.1. The highest BCUT2D eigenvalue weighted by Gasteiger charge is 2.22. The molecule has 1 aromatic rings. The van der Waals surface area contributed by atoms with E-state index < -0.39 is 0 Å². The van der Waals surface area contributed by atoms with Crippen molar-refractivity contribution in [2.24, 2.45) is 17.6 Å². The number of rotatable bonds is 2. The fraction of sp³-hybridized carbons (Fsp3) is 0.571. The predicted octanol–water partition coefficient (Wildman–Crippen LogP) is 2.63.